The fourth-order valence-electron chi connectivity index (χ4n) is 6.22. The van der Waals surface area contributed by atoms with Gasteiger partial charge < -0.3 is 0 Å². The third kappa shape index (κ3) is 0.831. The van der Waals surface area contributed by atoms with Crippen LogP contribution in [0, 0.1) is 35.0 Å². The van der Waals surface area contributed by atoms with E-state index in [-0.39, 0.29) is 0 Å². The van der Waals surface area contributed by atoms with Crippen LogP contribution in [0.25, 0.3) is 0 Å². The van der Waals surface area contributed by atoms with Gasteiger partial charge in [0.1, 0.15) is 0 Å². The first-order valence-electron chi connectivity index (χ1n) is 7.04. The molecule has 0 N–H and O–H groups in total. The smallest absolute Gasteiger partial charge is 0.0165 e. The summed E-state index contributed by atoms with van der Waals surface area (Å²) in [7, 11) is 0. The molecule has 0 heteroatoms. The van der Waals surface area contributed by atoms with Crippen molar-refractivity contribution >= 4 is 0 Å². The average Bonchev–Trinajstić information content (AvgIpc) is 2.96. The Kier molecular flexibility index (Phi) is 1.59. The fourth-order valence-corrected chi connectivity index (χ4v) is 6.22. The van der Waals surface area contributed by atoms with Crippen molar-refractivity contribution in [2.24, 2.45) is 35.0 Å². The molecular formula is C15H22. The molecular weight excluding hydrogens is 180 g/mol. The zero-order valence-electron chi connectivity index (χ0n) is 9.78. The lowest BCUT2D eigenvalue weighted by Gasteiger charge is -2.45. The van der Waals surface area contributed by atoms with E-state index in [1.165, 1.54) is 19.3 Å². The maximum absolute atomic E-state index is 2.59. The third-order valence-electron chi connectivity index (χ3n) is 6.31. The van der Waals surface area contributed by atoms with Crippen molar-refractivity contribution in [3.05, 3.63) is 12.2 Å². The fraction of sp³-hybridized carbons (Fsp3) is 0.867. The molecule has 4 bridgehead atoms. The molecule has 0 aromatic carbocycles. The van der Waals surface area contributed by atoms with E-state index in [1.807, 2.05) is 0 Å². The predicted octanol–water partition coefficient (Wildman–Crippen LogP) is 4.02. The highest BCUT2D eigenvalue weighted by atomic mass is 14.7. The van der Waals surface area contributed by atoms with Gasteiger partial charge in [0.25, 0.3) is 0 Å². The molecule has 0 heterocycles. The molecule has 0 radical (unpaired) electrons. The Balaban J connectivity index is 1.81. The van der Waals surface area contributed by atoms with Crippen LogP contribution < -0.4 is 0 Å². The van der Waals surface area contributed by atoms with Crippen LogP contribution in [0.1, 0.15) is 45.4 Å². The van der Waals surface area contributed by atoms with E-state index in [0.29, 0.717) is 0 Å². The second kappa shape index (κ2) is 2.70. The molecule has 0 aromatic heterocycles. The van der Waals surface area contributed by atoms with Gasteiger partial charge in [0.05, 0.1) is 0 Å². The van der Waals surface area contributed by atoms with E-state index in [0.717, 1.165) is 35.0 Å². The average molecular weight is 202 g/mol. The summed E-state index contributed by atoms with van der Waals surface area (Å²) in [4.78, 5) is 0. The molecule has 3 fully saturated rings. The minimum atomic E-state index is 0.803. The topological polar surface area (TPSA) is 0 Å². The van der Waals surface area contributed by atoms with Crippen LogP contribution >= 0.6 is 0 Å². The number of fused-ring (bicyclic) bond motifs is 9. The lowest BCUT2D eigenvalue weighted by Crippen LogP contribution is -2.39. The molecule has 0 saturated heterocycles. The summed E-state index contributed by atoms with van der Waals surface area (Å²) < 4.78 is 0. The molecule has 82 valence electrons. The van der Waals surface area contributed by atoms with E-state index in [9.17, 15) is 0 Å². The van der Waals surface area contributed by atoms with Gasteiger partial charge in [-0.3, -0.25) is 0 Å². The summed E-state index contributed by atoms with van der Waals surface area (Å²) in [6, 6.07) is 0. The Morgan fingerprint density at radius 3 is 3.00 bits per heavy atom. The van der Waals surface area contributed by atoms with Gasteiger partial charge in [-0.05, 0) is 67.1 Å². The minimum absolute atomic E-state index is 0.803. The first kappa shape index (κ1) is 8.84. The number of hydrogen-bond acceptors (Lipinski definition) is 0. The summed E-state index contributed by atoms with van der Waals surface area (Å²) in [5, 5.41) is 0. The molecule has 4 rings (SSSR count). The molecule has 6 atom stereocenters. The van der Waals surface area contributed by atoms with Crippen molar-refractivity contribution < 1.29 is 0 Å². The molecule has 15 heavy (non-hydrogen) atoms. The van der Waals surface area contributed by atoms with Crippen LogP contribution in [-0.4, -0.2) is 0 Å². The van der Waals surface area contributed by atoms with E-state index in [4.69, 9.17) is 0 Å². The summed E-state index contributed by atoms with van der Waals surface area (Å²) in [5.74, 6) is 5.35. The van der Waals surface area contributed by atoms with Crippen molar-refractivity contribution in [1.82, 2.24) is 0 Å². The molecule has 0 spiro atoms. The summed E-state index contributed by atoms with van der Waals surface area (Å²) >= 11 is 0. The molecule has 0 aliphatic heterocycles. The Labute approximate surface area is 93.1 Å². The largest absolute Gasteiger partial charge is 0.0848 e. The van der Waals surface area contributed by atoms with Crippen LogP contribution in [0.15, 0.2) is 12.2 Å². The molecule has 6 unspecified atom stereocenters. The molecule has 0 amide bonds. The van der Waals surface area contributed by atoms with Gasteiger partial charge in [0, 0.05) is 0 Å². The van der Waals surface area contributed by atoms with Crippen molar-refractivity contribution in [2.45, 2.75) is 45.4 Å². The van der Waals surface area contributed by atoms with Gasteiger partial charge in [0.15, 0.2) is 0 Å². The minimum Gasteiger partial charge on any atom is -0.0848 e. The summed E-state index contributed by atoms with van der Waals surface area (Å²) in [6.45, 7) is 2.40. The van der Waals surface area contributed by atoms with Crippen molar-refractivity contribution in [2.75, 3.05) is 0 Å². The van der Waals surface area contributed by atoms with Crippen molar-refractivity contribution in [3.8, 4) is 0 Å². The highest BCUT2D eigenvalue weighted by molar-refractivity contribution is 5.25. The summed E-state index contributed by atoms with van der Waals surface area (Å²) in [6.07, 6.45) is 14.4. The first-order valence-corrected chi connectivity index (χ1v) is 7.04. The Bertz CT molecular complexity index is 316. The molecule has 4 aliphatic carbocycles. The highest BCUT2D eigenvalue weighted by Gasteiger charge is 2.66. The van der Waals surface area contributed by atoms with Crippen LogP contribution in [-0.2, 0) is 0 Å². The summed E-state index contributed by atoms with van der Waals surface area (Å²) in [5.41, 5.74) is 0.803. The third-order valence-corrected chi connectivity index (χ3v) is 6.31. The van der Waals surface area contributed by atoms with Gasteiger partial charge in [-0.1, -0.05) is 25.5 Å². The number of hydrogen-bond donors (Lipinski definition) is 0. The molecule has 0 aromatic rings. The zero-order valence-corrected chi connectivity index (χ0v) is 9.78. The highest BCUT2D eigenvalue weighted by Crippen LogP contribution is 2.73. The van der Waals surface area contributed by atoms with E-state index < -0.39 is 0 Å². The second-order valence-electron chi connectivity index (χ2n) is 6.55. The molecule has 0 nitrogen and oxygen atoms in total. The SMILES string of the molecule is CCCC12C3C=CC(C3)C1C1CCC2C1. The Morgan fingerprint density at radius 1 is 1.20 bits per heavy atom. The van der Waals surface area contributed by atoms with Crippen molar-refractivity contribution in [3.63, 3.8) is 0 Å². The monoisotopic (exact) mass is 202 g/mol. The normalized spacial score (nSPS) is 59.1. The van der Waals surface area contributed by atoms with Gasteiger partial charge in [-0.2, -0.15) is 0 Å². The van der Waals surface area contributed by atoms with Gasteiger partial charge >= 0.3 is 0 Å². The lowest BCUT2D eigenvalue weighted by molar-refractivity contribution is 0.0527. The van der Waals surface area contributed by atoms with Crippen molar-refractivity contribution in [1.29, 1.82) is 0 Å². The Hall–Kier alpha value is -0.260. The maximum Gasteiger partial charge on any atom is -0.0165 e. The lowest BCUT2D eigenvalue weighted by atomic mass is 9.59. The maximum atomic E-state index is 2.59. The van der Waals surface area contributed by atoms with E-state index >= 15 is 0 Å². The van der Waals surface area contributed by atoms with Crippen LogP contribution in [0.2, 0.25) is 0 Å². The number of allylic oxidation sites excluding steroid dienone is 2. The van der Waals surface area contributed by atoms with Crippen LogP contribution in [0.4, 0.5) is 0 Å². The quantitative estimate of drug-likeness (QED) is 0.468. The van der Waals surface area contributed by atoms with E-state index in [2.05, 4.69) is 19.1 Å². The van der Waals surface area contributed by atoms with Gasteiger partial charge in [0.2, 0.25) is 0 Å². The molecule has 4 aliphatic rings. The first-order chi connectivity index (χ1) is 7.36. The predicted molar refractivity (Wildman–Crippen MR) is 62.4 cm³/mol. The standard InChI is InChI=1S/C15H22/c1-2-7-15-12-5-3-10(8-12)14(15)11-4-6-13(15)9-11/h3,5,10-14H,2,4,6-9H2,1H3. The Morgan fingerprint density at radius 2 is 2.13 bits per heavy atom. The molecule has 3 saturated carbocycles. The van der Waals surface area contributed by atoms with Gasteiger partial charge in [-0.15, -0.1) is 0 Å². The van der Waals surface area contributed by atoms with Crippen LogP contribution in [0.5, 0.6) is 0 Å². The second-order valence-corrected chi connectivity index (χ2v) is 6.55. The van der Waals surface area contributed by atoms with E-state index in [1.54, 1.807) is 19.3 Å². The number of rotatable bonds is 2. The van der Waals surface area contributed by atoms with Gasteiger partial charge in [-0.25, -0.2) is 0 Å². The van der Waals surface area contributed by atoms with Crippen LogP contribution in [0.3, 0.4) is 0 Å². The zero-order chi connectivity index (χ0) is 10.0.